The van der Waals surface area contributed by atoms with Gasteiger partial charge in [-0.05, 0) is 36.6 Å². The van der Waals surface area contributed by atoms with Crippen molar-refractivity contribution in [3.05, 3.63) is 35.4 Å². The van der Waals surface area contributed by atoms with Gasteiger partial charge >= 0.3 is 0 Å². The fourth-order valence-corrected chi connectivity index (χ4v) is 3.75. The van der Waals surface area contributed by atoms with E-state index >= 15 is 0 Å². The van der Waals surface area contributed by atoms with E-state index < -0.39 is 43.3 Å². The molecule has 0 spiro atoms. The fourth-order valence-electron chi connectivity index (χ4n) is 2.17. The van der Waals surface area contributed by atoms with Crippen molar-refractivity contribution in [3.8, 4) is 0 Å². The molecule has 9 heteroatoms. The van der Waals surface area contributed by atoms with Crippen LogP contribution in [0.4, 0.5) is 8.78 Å². The molecule has 1 atom stereocenters. The van der Waals surface area contributed by atoms with Crippen LogP contribution in [0.2, 0.25) is 0 Å². The molecular weight excluding hydrogens is 338 g/mol. The van der Waals surface area contributed by atoms with E-state index in [2.05, 4.69) is 0 Å². The Morgan fingerprint density at radius 2 is 1.77 bits per heavy atom. The Hall–Kier alpha value is -1.06. The van der Waals surface area contributed by atoms with Crippen LogP contribution in [-0.2, 0) is 20.0 Å². The van der Waals surface area contributed by atoms with Crippen LogP contribution in [0.3, 0.4) is 0 Å². The lowest BCUT2D eigenvalue weighted by molar-refractivity contribution is 0.468. The number of hydrogen-bond acceptors (Lipinski definition) is 4. The molecule has 0 heterocycles. The highest BCUT2D eigenvalue weighted by Crippen LogP contribution is 2.27. The van der Waals surface area contributed by atoms with Crippen LogP contribution in [0, 0.1) is 11.6 Å². The first kappa shape index (κ1) is 19.0. The highest BCUT2D eigenvalue weighted by molar-refractivity contribution is 7.90. The van der Waals surface area contributed by atoms with Gasteiger partial charge in [0.1, 0.15) is 21.5 Å². The lowest BCUT2D eigenvalue weighted by Gasteiger charge is -2.16. The van der Waals surface area contributed by atoms with Gasteiger partial charge in [-0.3, -0.25) is 4.55 Å². The van der Waals surface area contributed by atoms with Gasteiger partial charge in [-0.2, -0.15) is 8.42 Å². The molecule has 0 saturated heterocycles. The molecule has 0 aromatic heterocycles. The number of benzene rings is 1. The second-order valence-electron chi connectivity index (χ2n) is 5.24. The summed E-state index contributed by atoms with van der Waals surface area (Å²) in [5, 5.41) is 0. The summed E-state index contributed by atoms with van der Waals surface area (Å²) in [5.41, 5.74) is -0.142. The number of halogens is 2. The summed E-state index contributed by atoms with van der Waals surface area (Å²) in [4.78, 5) is 0. The van der Waals surface area contributed by atoms with Crippen molar-refractivity contribution in [3.63, 3.8) is 0 Å². The van der Waals surface area contributed by atoms with Gasteiger partial charge in [-0.25, -0.2) is 17.2 Å². The first-order chi connectivity index (χ1) is 9.98. The normalized spacial score (nSPS) is 14.0. The highest BCUT2D eigenvalue weighted by atomic mass is 32.2. The van der Waals surface area contributed by atoms with E-state index in [1.165, 1.54) is 0 Å². The third-order valence-corrected chi connectivity index (χ3v) is 4.98. The van der Waals surface area contributed by atoms with Gasteiger partial charge in [-0.1, -0.05) is 6.42 Å². The van der Waals surface area contributed by atoms with Crippen molar-refractivity contribution in [2.24, 2.45) is 0 Å². The van der Waals surface area contributed by atoms with Gasteiger partial charge in [0.25, 0.3) is 10.1 Å². The van der Waals surface area contributed by atoms with E-state index in [4.69, 9.17) is 4.55 Å². The molecule has 0 aliphatic rings. The number of rotatable bonds is 8. The third-order valence-electron chi connectivity index (χ3n) is 3.13. The Bertz CT molecular complexity index is 714. The van der Waals surface area contributed by atoms with Crippen molar-refractivity contribution in [1.82, 2.24) is 0 Å². The summed E-state index contributed by atoms with van der Waals surface area (Å²) < 4.78 is 80.1. The summed E-state index contributed by atoms with van der Waals surface area (Å²) in [6.07, 6.45) is 1.78. The fraction of sp³-hybridized carbons (Fsp3) is 0.538. The molecule has 126 valence electrons. The lowest BCUT2D eigenvalue weighted by atomic mass is 9.95. The van der Waals surface area contributed by atoms with E-state index in [1.54, 1.807) is 0 Å². The van der Waals surface area contributed by atoms with E-state index in [0.717, 1.165) is 24.5 Å². The van der Waals surface area contributed by atoms with Crippen molar-refractivity contribution >= 4 is 20.0 Å². The standard InChI is InChI=1S/C13H18F2O5S2/c1-21(16,17)7-3-2-4-10(9-22(18,19)20)12-8-11(14)5-6-13(12)15/h5-6,8,10H,2-4,7,9H2,1H3,(H,18,19,20). The Labute approximate surface area is 129 Å². The molecule has 0 aliphatic heterocycles. The van der Waals surface area contributed by atoms with Gasteiger partial charge in [0.05, 0.1) is 5.75 Å². The molecule has 1 aromatic carbocycles. The zero-order chi connectivity index (χ0) is 17.0. The molecule has 0 saturated carbocycles. The average Bonchev–Trinajstić information content (AvgIpc) is 2.33. The minimum Gasteiger partial charge on any atom is -0.286 e. The maximum absolute atomic E-state index is 13.8. The Morgan fingerprint density at radius 1 is 1.14 bits per heavy atom. The highest BCUT2D eigenvalue weighted by Gasteiger charge is 2.22. The van der Waals surface area contributed by atoms with Crippen LogP contribution in [0.15, 0.2) is 18.2 Å². The summed E-state index contributed by atoms with van der Waals surface area (Å²) in [6, 6.07) is 2.69. The first-order valence-corrected chi connectivity index (χ1v) is 10.2. The number of hydrogen-bond donors (Lipinski definition) is 1. The molecule has 0 bridgehead atoms. The zero-order valence-electron chi connectivity index (χ0n) is 12.0. The molecule has 0 aliphatic carbocycles. The monoisotopic (exact) mass is 356 g/mol. The van der Waals surface area contributed by atoms with Crippen LogP contribution in [-0.4, -0.2) is 39.1 Å². The van der Waals surface area contributed by atoms with Gasteiger partial charge in [0, 0.05) is 17.9 Å². The van der Waals surface area contributed by atoms with Crippen molar-refractivity contribution in [2.75, 3.05) is 17.8 Å². The second-order valence-corrected chi connectivity index (χ2v) is 8.99. The Balaban J connectivity index is 2.87. The molecule has 5 nitrogen and oxygen atoms in total. The maximum Gasteiger partial charge on any atom is 0.265 e. The minimum atomic E-state index is -4.37. The van der Waals surface area contributed by atoms with E-state index in [9.17, 15) is 25.6 Å². The first-order valence-electron chi connectivity index (χ1n) is 6.56. The van der Waals surface area contributed by atoms with Crippen molar-refractivity contribution < 1.29 is 30.2 Å². The predicted octanol–water partition coefficient (Wildman–Crippen LogP) is 2.15. The van der Waals surface area contributed by atoms with Gasteiger partial charge in [0.15, 0.2) is 0 Å². The SMILES string of the molecule is CS(=O)(=O)CCCCC(CS(=O)(=O)O)c1cc(F)ccc1F. The molecule has 22 heavy (non-hydrogen) atoms. The van der Waals surface area contributed by atoms with Gasteiger partial charge in [-0.15, -0.1) is 0 Å². The summed E-state index contributed by atoms with van der Waals surface area (Å²) in [5.74, 6) is -3.24. The zero-order valence-corrected chi connectivity index (χ0v) is 13.6. The summed E-state index contributed by atoms with van der Waals surface area (Å²) in [6.45, 7) is 0. The van der Waals surface area contributed by atoms with E-state index in [-0.39, 0.29) is 24.2 Å². The van der Waals surface area contributed by atoms with E-state index in [1.807, 2.05) is 0 Å². The van der Waals surface area contributed by atoms with Gasteiger partial charge in [0.2, 0.25) is 0 Å². The maximum atomic E-state index is 13.8. The average molecular weight is 356 g/mol. The van der Waals surface area contributed by atoms with Crippen LogP contribution in [0.5, 0.6) is 0 Å². The molecule has 1 aromatic rings. The Morgan fingerprint density at radius 3 is 2.32 bits per heavy atom. The predicted molar refractivity (Wildman–Crippen MR) is 79.1 cm³/mol. The molecule has 0 fully saturated rings. The molecule has 1 rings (SSSR count). The van der Waals surface area contributed by atoms with Gasteiger partial charge < -0.3 is 0 Å². The number of sulfone groups is 1. The van der Waals surface area contributed by atoms with Crippen LogP contribution >= 0.6 is 0 Å². The third kappa shape index (κ3) is 7.28. The quantitative estimate of drug-likeness (QED) is 0.569. The lowest BCUT2D eigenvalue weighted by Crippen LogP contribution is -2.16. The smallest absolute Gasteiger partial charge is 0.265 e. The topological polar surface area (TPSA) is 88.5 Å². The van der Waals surface area contributed by atoms with Crippen LogP contribution in [0.1, 0.15) is 30.7 Å². The van der Waals surface area contributed by atoms with Crippen molar-refractivity contribution in [1.29, 1.82) is 0 Å². The second kappa shape index (κ2) is 7.47. The van der Waals surface area contributed by atoms with Crippen LogP contribution in [0.25, 0.3) is 0 Å². The minimum absolute atomic E-state index is 0.0722. The molecular formula is C13H18F2O5S2. The molecule has 1 N–H and O–H groups in total. The summed E-state index contributed by atoms with van der Waals surface area (Å²) in [7, 11) is -7.51. The summed E-state index contributed by atoms with van der Waals surface area (Å²) >= 11 is 0. The van der Waals surface area contributed by atoms with E-state index in [0.29, 0.717) is 6.42 Å². The molecule has 0 amide bonds. The van der Waals surface area contributed by atoms with Crippen LogP contribution < -0.4 is 0 Å². The molecule has 0 radical (unpaired) electrons. The largest absolute Gasteiger partial charge is 0.286 e. The Kier molecular flexibility index (Phi) is 6.45. The molecule has 1 unspecified atom stereocenters. The number of unbranched alkanes of at least 4 members (excludes halogenated alkanes) is 1. The van der Waals surface area contributed by atoms with Crippen molar-refractivity contribution in [2.45, 2.75) is 25.2 Å².